The summed E-state index contributed by atoms with van der Waals surface area (Å²) in [4.78, 5) is 12.8. The van der Waals surface area contributed by atoms with Crippen LogP contribution in [0.4, 0.5) is 0 Å². The van der Waals surface area contributed by atoms with Crippen molar-refractivity contribution in [2.75, 3.05) is 20.3 Å². The molecule has 0 bridgehead atoms. The van der Waals surface area contributed by atoms with Crippen molar-refractivity contribution in [1.82, 2.24) is 4.90 Å². The highest BCUT2D eigenvalue weighted by Gasteiger charge is 2.29. The average molecular weight is 278 g/mol. The summed E-state index contributed by atoms with van der Waals surface area (Å²) < 4.78 is 5.84. The molecule has 0 amide bonds. The van der Waals surface area contributed by atoms with Crippen molar-refractivity contribution >= 4 is 21.9 Å². The molecule has 0 aromatic heterocycles. The van der Waals surface area contributed by atoms with Gasteiger partial charge in [0.2, 0.25) is 0 Å². The maximum atomic E-state index is 10.9. The van der Waals surface area contributed by atoms with Crippen molar-refractivity contribution in [1.29, 1.82) is 0 Å². The fourth-order valence-electron chi connectivity index (χ4n) is 1.63. The summed E-state index contributed by atoms with van der Waals surface area (Å²) in [5.41, 5.74) is 0. The summed E-state index contributed by atoms with van der Waals surface area (Å²) in [6.45, 7) is 1.49. The number of nitrogens with zero attached hydrogens (tertiary/aromatic N) is 1. The van der Waals surface area contributed by atoms with E-state index in [-0.39, 0.29) is 0 Å². The summed E-state index contributed by atoms with van der Waals surface area (Å²) in [5, 5.41) is 8.98. The van der Waals surface area contributed by atoms with Gasteiger partial charge in [0.05, 0.1) is 4.61 Å². The second-order valence-electron chi connectivity index (χ2n) is 3.51. The van der Waals surface area contributed by atoms with Gasteiger partial charge in [-0.1, -0.05) is 6.08 Å². The monoisotopic (exact) mass is 277 g/mol. The number of hydrogen-bond donors (Lipinski definition) is 1. The quantitative estimate of drug-likeness (QED) is 0.594. The zero-order valence-corrected chi connectivity index (χ0v) is 10.4. The maximum Gasteiger partial charge on any atom is 0.326 e. The van der Waals surface area contributed by atoms with Crippen molar-refractivity contribution in [3.05, 3.63) is 10.7 Å². The Kier molecular flexibility index (Phi) is 5.11. The Labute approximate surface area is 98.0 Å². The van der Waals surface area contributed by atoms with Crippen LogP contribution in [0.5, 0.6) is 0 Å². The summed E-state index contributed by atoms with van der Waals surface area (Å²) in [7, 11) is 1.67. The normalized spacial score (nSPS) is 20.5. The van der Waals surface area contributed by atoms with Gasteiger partial charge in [-0.25, -0.2) is 4.79 Å². The van der Waals surface area contributed by atoms with Crippen LogP contribution in [0.15, 0.2) is 10.7 Å². The third-order valence-electron chi connectivity index (χ3n) is 2.44. The zero-order chi connectivity index (χ0) is 11.3. The molecular weight excluding hydrogens is 262 g/mol. The first-order valence-electron chi connectivity index (χ1n) is 5.01. The molecule has 4 nitrogen and oxygen atoms in total. The van der Waals surface area contributed by atoms with Crippen molar-refractivity contribution in [2.45, 2.75) is 25.3 Å². The Bertz CT molecular complexity index is 255. The molecule has 0 aliphatic carbocycles. The van der Waals surface area contributed by atoms with Crippen LogP contribution < -0.4 is 0 Å². The van der Waals surface area contributed by atoms with Crippen molar-refractivity contribution in [3.63, 3.8) is 0 Å². The van der Waals surface area contributed by atoms with Gasteiger partial charge in [0.15, 0.2) is 0 Å². The fraction of sp³-hybridized carbons (Fsp3) is 0.700. The fourth-order valence-corrected chi connectivity index (χ4v) is 2.24. The van der Waals surface area contributed by atoms with E-state index in [1.165, 1.54) is 0 Å². The number of methoxy groups -OCH3 is 1. The van der Waals surface area contributed by atoms with Crippen LogP contribution in [0.3, 0.4) is 0 Å². The summed E-state index contributed by atoms with van der Waals surface area (Å²) >= 11 is 3.38. The molecule has 1 aliphatic rings. The van der Waals surface area contributed by atoms with E-state index in [9.17, 15) is 4.79 Å². The Morgan fingerprint density at radius 1 is 1.73 bits per heavy atom. The Hall–Kier alpha value is -0.550. The number of ether oxygens (including phenoxy) is 1. The Morgan fingerprint density at radius 2 is 2.47 bits per heavy atom. The maximum absolute atomic E-state index is 10.9. The first kappa shape index (κ1) is 12.5. The molecule has 0 saturated heterocycles. The first-order valence-corrected chi connectivity index (χ1v) is 5.80. The number of unbranched alkanes of at least 4 members (excludes halogenated alkanes) is 1. The van der Waals surface area contributed by atoms with Gasteiger partial charge in [0.1, 0.15) is 6.04 Å². The van der Waals surface area contributed by atoms with Crippen LogP contribution in [0, 0.1) is 0 Å². The third kappa shape index (κ3) is 3.50. The lowest BCUT2D eigenvalue weighted by atomic mass is 10.2. The minimum atomic E-state index is -0.757. The molecule has 0 saturated carbocycles. The smallest absolute Gasteiger partial charge is 0.326 e. The minimum Gasteiger partial charge on any atom is -0.480 e. The van der Waals surface area contributed by atoms with Crippen LogP contribution in [0.2, 0.25) is 0 Å². The summed E-state index contributed by atoms with van der Waals surface area (Å²) in [5.74, 6) is -0.757. The lowest BCUT2D eigenvalue weighted by Gasteiger charge is -2.24. The molecule has 1 N–H and O–H groups in total. The second kappa shape index (κ2) is 6.12. The molecule has 1 atom stereocenters. The number of halogens is 1. The van der Waals surface area contributed by atoms with Crippen LogP contribution in [0.25, 0.3) is 0 Å². The number of carboxylic acids is 1. The Balaban J connectivity index is 2.36. The van der Waals surface area contributed by atoms with Gasteiger partial charge in [-0.15, -0.1) is 0 Å². The predicted molar refractivity (Wildman–Crippen MR) is 60.9 cm³/mol. The molecule has 0 spiro atoms. The largest absolute Gasteiger partial charge is 0.480 e. The topological polar surface area (TPSA) is 49.8 Å². The van der Waals surface area contributed by atoms with Crippen molar-refractivity contribution < 1.29 is 14.6 Å². The number of hydrogen-bond acceptors (Lipinski definition) is 3. The molecule has 0 radical (unpaired) electrons. The van der Waals surface area contributed by atoms with Crippen LogP contribution in [0.1, 0.15) is 19.3 Å². The molecule has 1 aliphatic heterocycles. The highest BCUT2D eigenvalue weighted by Crippen LogP contribution is 2.26. The molecular formula is C10H16BrNO3. The summed E-state index contributed by atoms with van der Waals surface area (Å²) in [6.07, 6.45) is 4.40. The highest BCUT2D eigenvalue weighted by molar-refractivity contribution is 9.11. The van der Waals surface area contributed by atoms with E-state index in [4.69, 9.17) is 9.84 Å². The van der Waals surface area contributed by atoms with Crippen molar-refractivity contribution in [3.8, 4) is 0 Å². The average Bonchev–Trinajstić information content (AvgIpc) is 2.55. The molecule has 0 fully saturated rings. The number of carbonyl (C=O) groups is 1. The van der Waals surface area contributed by atoms with Crippen molar-refractivity contribution in [2.24, 2.45) is 0 Å². The van der Waals surface area contributed by atoms with E-state index >= 15 is 0 Å². The van der Waals surface area contributed by atoms with Gasteiger partial charge in [0.25, 0.3) is 0 Å². The van der Waals surface area contributed by atoms with E-state index in [0.717, 1.165) is 30.6 Å². The van der Waals surface area contributed by atoms with Crippen LogP contribution in [-0.2, 0) is 9.53 Å². The van der Waals surface area contributed by atoms with Gasteiger partial charge in [-0.3, -0.25) is 0 Å². The van der Waals surface area contributed by atoms with Crippen LogP contribution >= 0.6 is 15.9 Å². The second-order valence-corrected chi connectivity index (χ2v) is 4.32. The SMILES string of the molecule is COCCCCN1C(Br)=CCC1C(=O)O. The lowest BCUT2D eigenvalue weighted by Crippen LogP contribution is -2.36. The van der Waals surface area contributed by atoms with Gasteiger partial charge >= 0.3 is 5.97 Å². The van der Waals surface area contributed by atoms with Crippen LogP contribution in [-0.4, -0.2) is 42.3 Å². The number of carboxylic acid groups (broad SMARTS) is 1. The van der Waals surface area contributed by atoms with E-state index in [2.05, 4.69) is 15.9 Å². The van der Waals surface area contributed by atoms with Gasteiger partial charge < -0.3 is 14.7 Å². The molecule has 0 aromatic rings. The molecule has 0 aromatic carbocycles. The standard InChI is InChI=1S/C10H16BrNO3/c1-15-7-3-2-6-12-8(10(13)14)4-5-9(12)11/h5,8H,2-4,6-7H2,1H3,(H,13,14). The van der Waals surface area contributed by atoms with E-state index in [0.29, 0.717) is 6.42 Å². The molecule has 15 heavy (non-hydrogen) atoms. The predicted octanol–water partition coefficient (Wildman–Crippen LogP) is 1.81. The summed E-state index contributed by atoms with van der Waals surface area (Å²) in [6, 6.07) is -0.401. The van der Waals surface area contributed by atoms with Gasteiger partial charge in [-0.2, -0.15) is 0 Å². The number of rotatable bonds is 6. The zero-order valence-electron chi connectivity index (χ0n) is 8.78. The van der Waals surface area contributed by atoms with E-state index in [1.807, 2.05) is 11.0 Å². The lowest BCUT2D eigenvalue weighted by molar-refractivity contribution is -0.141. The highest BCUT2D eigenvalue weighted by atomic mass is 79.9. The molecule has 5 heteroatoms. The third-order valence-corrected chi connectivity index (χ3v) is 3.22. The van der Waals surface area contributed by atoms with E-state index < -0.39 is 12.0 Å². The Morgan fingerprint density at radius 3 is 3.07 bits per heavy atom. The molecule has 86 valence electrons. The minimum absolute atomic E-state index is 0.401. The molecule has 1 heterocycles. The van der Waals surface area contributed by atoms with Gasteiger partial charge in [-0.05, 0) is 35.2 Å². The molecule has 1 rings (SSSR count). The first-order chi connectivity index (χ1) is 7.16. The number of aliphatic carboxylic acids is 1. The van der Waals surface area contributed by atoms with Gasteiger partial charge in [0, 0.05) is 20.3 Å². The van der Waals surface area contributed by atoms with E-state index in [1.54, 1.807) is 7.11 Å². The molecule has 1 unspecified atom stereocenters.